The van der Waals surface area contributed by atoms with E-state index in [-0.39, 0.29) is 12.3 Å². The van der Waals surface area contributed by atoms with Gasteiger partial charge in [-0.15, -0.1) is 0 Å². The Hall–Kier alpha value is -2.08. The number of hydrogen-bond acceptors (Lipinski definition) is 3. The maximum atomic E-state index is 12.1. The number of rotatable bonds is 6. The molecular weight excluding hydrogens is 280 g/mol. The number of primary amides is 1. The third-order valence-electron chi connectivity index (χ3n) is 3.98. The first kappa shape index (κ1) is 16.3. The smallest absolute Gasteiger partial charge is 0.312 e. The Balaban J connectivity index is 1.95. The van der Waals surface area contributed by atoms with Crippen molar-refractivity contribution < 1.29 is 9.59 Å². The molecule has 5 N–H and O–H groups in total. The van der Waals surface area contributed by atoms with Crippen LogP contribution in [0.4, 0.5) is 4.79 Å². The molecule has 2 atom stereocenters. The van der Waals surface area contributed by atoms with E-state index < -0.39 is 12.1 Å². The van der Waals surface area contributed by atoms with Crippen molar-refractivity contribution in [1.29, 1.82) is 0 Å². The lowest BCUT2D eigenvalue weighted by Gasteiger charge is -2.20. The second kappa shape index (κ2) is 7.79. The van der Waals surface area contributed by atoms with Crippen molar-refractivity contribution in [2.45, 2.75) is 38.3 Å². The van der Waals surface area contributed by atoms with E-state index in [0.717, 1.165) is 30.5 Å². The van der Waals surface area contributed by atoms with Crippen molar-refractivity contribution in [3.8, 4) is 0 Å². The van der Waals surface area contributed by atoms with E-state index in [1.807, 2.05) is 31.2 Å². The van der Waals surface area contributed by atoms with Gasteiger partial charge in [-0.1, -0.05) is 24.3 Å². The minimum absolute atomic E-state index is 0.0873. The SMILES string of the molecule is Cc1ccccc1C(CC(=O)NCC1CCCN1)NC(N)=O. The standard InChI is InChI=1S/C16H24N4O2/c1-11-5-2-3-7-13(11)14(20-16(17)22)9-15(21)19-10-12-6-4-8-18-12/h2-3,5,7,12,14,18H,4,6,8-10H2,1H3,(H,19,21)(H3,17,20,22). The summed E-state index contributed by atoms with van der Waals surface area (Å²) in [4.78, 5) is 23.4. The van der Waals surface area contributed by atoms with E-state index in [4.69, 9.17) is 5.73 Å². The number of urea groups is 1. The van der Waals surface area contributed by atoms with Crippen LogP contribution in [-0.2, 0) is 4.79 Å². The molecule has 6 nitrogen and oxygen atoms in total. The first-order valence-electron chi connectivity index (χ1n) is 7.68. The number of aryl methyl sites for hydroxylation is 1. The highest BCUT2D eigenvalue weighted by molar-refractivity contribution is 5.79. The van der Waals surface area contributed by atoms with Crippen LogP contribution < -0.4 is 21.7 Å². The van der Waals surface area contributed by atoms with Crippen molar-refractivity contribution in [2.24, 2.45) is 5.73 Å². The van der Waals surface area contributed by atoms with Gasteiger partial charge in [-0.3, -0.25) is 4.79 Å². The molecular formula is C16H24N4O2. The lowest BCUT2D eigenvalue weighted by molar-refractivity contribution is -0.121. The largest absolute Gasteiger partial charge is 0.354 e. The Kier molecular flexibility index (Phi) is 5.77. The molecule has 1 aliphatic rings. The molecule has 120 valence electrons. The van der Waals surface area contributed by atoms with Crippen molar-refractivity contribution in [3.63, 3.8) is 0 Å². The van der Waals surface area contributed by atoms with Gasteiger partial charge in [0.1, 0.15) is 0 Å². The van der Waals surface area contributed by atoms with Crippen LogP contribution in [-0.4, -0.2) is 31.1 Å². The summed E-state index contributed by atoms with van der Waals surface area (Å²) in [7, 11) is 0. The van der Waals surface area contributed by atoms with Crippen LogP contribution in [0.15, 0.2) is 24.3 Å². The van der Waals surface area contributed by atoms with Gasteiger partial charge in [-0.2, -0.15) is 0 Å². The summed E-state index contributed by atoms with van der Waals surface area (Å²) in [6.45, 7) is 3.58. The third-order valence-corrected chi connectivity index (χ3v) is 3.98. The molecule has 1 saturated heterocycles. The van der Waals surface area contributed by atoms with Crippen molar-refractivity contribution in [3.05, 3.63) is 35.4 Å². The maximum absolute atomic E-state index is 12.1. The number of amides is 3. The molecule has 3 amide bonds. The van der Waals surface area contributed by atoms with E-state index in [9.17, 15) is 9.59 Å². The summed E-state index contributed by atoms with van der Waals surface area (Å²) in [5, 5.41) is 8.92. The molecule has 0 aliphatic carbocycles. The van der Waals surface area contributed by atoms with Crippen LogP contribution in [0.3, 0.4) is 0 Å². The number of benzene rings is 1. The summed E-state index contributed by atoms with van der Waals surface area (Å²) in [5.74, 6) is -0.0873. The Labute approximate surface area is 130 Å². The second-order valence-electron chi connectivity index (χ2n) is 5.72. The molecule has 0 aromatic heterocycles. The van der Waals surface area contributed by atoms with Gasteiger partial charge in [0.05, 0.1) is 12.5 Å². The van der Waals surface area contributed by atoms with E-state index in [1.165, 1.54) is 0 Å². The van der Waals surface area contributed by atoms with Gasteiger partial charge in [0, 0.05) is 12.6 Å². The molecule has 1 aliphatic heterocycles. The number of nitrogens with one attached hydrogen (secondary N) is 3. The highest BCUT2D eigenvalue weighted by Gasteiger charge is 2.20. The van der Waals surface area contributed by atoms with Gasteiger partial charge < -0.3 is 21.7 Å². The first-order valence-corrected chi connectivity index (χ1v) is 7.68. The molecule has 0 spiro atoms. The average Bonchev–Trinajstić information content (AvgIpc) is 2.98. The van der Waals surface area contributed by atoms with Crippen LogP contribution in [0, 0.1) is 6.92 Å². The Morgan fingerprint density at radius 2 is 2.18 bits per heavy atom. The molecule has 2 rings (SSSR count). The predicted molar refractivity (Wildman–Crippen MR) is 85.3 cm³/mol. The number of carbonyl (C=O) groups is 2. The molecule has 0 bridgehead atoms. The lowest BCUT2D eigenvalue weighted by Crippen LogP contribution is -2.40. The van der Waals surface area contributed by atoms with Crippen LogP contribution in [0.5, 0.6) is 0 Å². The summed E-state index contributed by atoms with van der Waals surface area (Å²) in [6, 6.07) is 6.98. The van der Waals surface area contributed by atoms with Gasteiger partial charge >= 0.3 is 6.03 Å². The summed E-state index contributed by atoms with van der Waals surface area (Å²) in [5.41, 5.74) is 7.17. The minimum atomic E-state index is -0.626. The zero-order valence-corrected chi connectivity index (χ0v) is 12.9. The quantitative estimate of drug-likeness (QED) is 0.630. The first-order chi connectivity index (χ1) is 10.6. The van der Waals surface area contributed by atoms with E-state index in [1.54, 1.807) is 0 Å². The molecule has 1 aromatic carbocycles. The number of nitrogens with two attached hydrogens (primary N) is 1. The lowest BCUT2D eigenvalue weighted by atomic mass is 9.98. The van der Waals surface area contributed by atoms with Gasteiger partial charge in [0.15, 0.2) is 0 Å². The summed E-state index contributed by atoms with van der Waals surface area (Å²) in [6.07, 6.45) is 2.41. The minimum Gasteiger partial charge on any atom is -0.354 e. The van der Waals surface area contributed by atoms with Gasteiger partial charge in [0.2, 0.25) is 5.91 Å². The molecule has 22 heavy (non-hydrogen) atoms. The summed E-state index contributed by atoms with van der Waals surface area (Å²) >= 11 is 0. The van der Waals surface area contributed by atoms with Crippen molar-refractivity contribution in [2.75, 3.05) is 13.1 Å². The van der Waals surface area contributed by atoms with Gasteiger partial charge in [-0.05, 0) is 37.4 Å². The highest BCUT2D eigenvalue weighted by Crippen LogP contribution is 2.20. The fourth-order valence-electron chi connectivity index (χ4n) is 2.81. The van der Waals surface area contributed by atoms with Crippen LogP contribution in [0.2, 0.25) is 0 Å². The van der Waals surface area contributed by atoms with Crippen LogP contribution >= 0.6 is 0 Å². The fraction of sp³-hybridized carbons (Fsp3) is 0.500. The Morgan fingerprint density at radius 1 is 1.41 bits per heavy atom. The molecule has 1 heterocycles. The zero-order valence-electron chi connectivity index (χ0n) is 12.9. The number of hydrogen-bond donors (Lipinski definition) is 4. The fourth-order valence-corrected chi connectivity index (χ4v) is 2.81. The second-order valence-corrected chi connectivity index (χ2v) is 5.72. The molecule has 0 radical (unpaired) electrons. The van der Waals surface area contributed by atoms with E-state index in [2.05, 4.69) is 16.0 Å². The molecule has 2 unspecified atom stereocenters. The third kappa shape index (κ3) is 4.73. The number of carbonyl (C=O) groups excluding carboxylic acids is 2. The Morgan fingerprint density at radius 3 is 2.82 bits per heavy atom. The highest BCUT2D eigenvalue weighted by atomic mass is 16.2. The molecule has 0 saturated carbocycles. The molecule has 6 heteroatoms. The van der Waals surface area contributed by atoms with E-state index >= 15 is 0 Å². The topological polar surface area (TPSA) is 96.2 Å². The maximum Gasteiger partial charge on any atom is 0.312 e. The van der Waals surface area contributed by atoms with Crippen molar-refractivity contribution in [1.82, 2.24) is 16.0 Å². The average molecular weight is 304 g/mol. The van der Waals surface area contributed by atoms with Gasteiger partial charge in [0.25, 0.3) is 0 Å². The molecule has 1 aromatic rings. The van der Waals surface area contributed by atoms with Crippen molar-refractivity contribution >= 4 is 11.9 Å². The Bertz CT molecular complexity index is 527. The van der Waals surface area contributed by atoms with Gasteiger partial charge in [-0.25, -0.2) is 4.79 Å². The van der Waals surface area contributed by atoms with Crippen LogP contribution in [0.25, 0.3) is 0 Å². The molecule has 1 fully saturated rings. The monoisotopic (exact) mass is 304 g/mol. The zero-order chi connectivity index (χ0) is 15.9. The predicted octanol–water partition coefficient (Wildman–Crippen LogP) is 0.963. The van der Waals surface area contributed by atoms with Crippen LogP contribution in [0.1, 0.15) is 36.4 Å². The summed E-state index contributed by atoms with van der Waals surface area (Å²) < 4.78 is 0. The normalized spacial score (nSPS) is 18.7. The van der Waals surface area contributed by atoms with E-state index in [0.29, 0.717) is 12.6 Å².